The number of halogens is 1. The SMILES string of the molecule is CC1Cc2cc3ccc(Br)cc3nc2NO1. The lowest BCUT2D eigenvalue weighted by molar-refractivity contribution is 0.104. The van der Waals surface area contributed by atoms with Gasteiger partial charge in [-0.3, -0.25) is 4.84 Å². The molecule has 2 heterocycles. The number of benzene rings is 1. The van der Waals surface area contributed by atoms with Crippen molar-refractivity contribution in [3.8, 4) is 0 Å². The van der Waals surface area contributed by atoms with Gasteiger partial charge in [0.15, 0.2) is 5.82 Å². The van der Waals surface area contributed by atoms with Crippen LogP contribution in [0.3, 0.4) is 0 Å². The van der Waals surface area contributed by atoms with Gasteiger partial charge < -0.3 is 0 Å². The Morgan fingerprint density at radius 2 is 2.31 bits per heavy atom. The molecule has 1 N–H and O–H groups in total. The molecule has 1 aliphatic heterocycles. The maximum atomic E-state index is 5.36. The molecule has 0 amide bonds. The van der Waals surface area contributed by atoms with E-state index in [1.54, 1.807) is 0 Å². The number of fused-ring (bicyclic) bond motifs is 2. The summed E-state index contributed by atoms with van der Waals surface area (Å²) in [6.07, 6.45) is 1.10. The molecule has 0 bridgehead atoms. The summed E-state index contributed by atoms with van der Waals surface area (Å²) in [5.41, 5.74) is 5.08. The Balaban J connectivity index is 2.19. The number of nitrogens with zero attached hydrogens (tertiary/aromatic N) is 1. The molecule has 1 aromatic heterocycles. The van der Waals surface area contributed by atoms with E-state index < -0.39 is 0 Å². The second kappa shape index (κ2) is 3.71. The van der Waals surface area contributed by atoms with Crippen LogP contribution < -0.4 is 5.48 Å². The quantitative estimate of drug-likeness (QED) is 0.803. The van der Waals surface area contributed by atoms with Crippen LogP contribution in [0.2, 0.25) is 0 Å². The summed E-state index contributed by atoms with van der Waals surface area (Å²) in [6.45, 7) is 2.04. The molecule has 1 aliphatic rings. The van der Waals surface area contributed by atoms with E-state index in [0.29, 0.717) is 0 Å². The Labute approximate surface area is 102 Å². The van der Waals surface area contributed by atoms with Crippen LogP contribution in [0.15, 0.2) is 28.7 Å². The van der Waals surface area contributed by atoms with Crippen LogP contribution in [0.1, 0.15) is 12.5 Å². The van der Waals surface area contributed by atoms with E-state index in [1.807, 2.05) is 19.1 Å². The fraction of sp³-hybridized carbons (Fsp3) is 0.250. The molecule has 0 spiro atoms. The van der Waals surface area contributed by atoms with Gasteiger partial charge in [0, 0.05) is 16.3 Å². The van der Waals surface area contributed by atoms with E-state index >= 15 is 0 Å². The van der Waals surface area contributed by atoms with Gasteiger partial charge in [-0.05, 0) is 30.7 Å². The number of hydrogen-bond acceptors (Lipinski definition) is 3. The minimum atomic E-state index is 0.196. The van der Waals surface area contributed by atoms with E-state index in [2.05, 4.69) is 38.5 Å². The molecule has 1 aromatic carbocycles. The average Bonchev–Trinajstić information content (AvgIpc) is 2.26. The van der Waals surface area contributed by atoms with Gasteiger partial charge in [0.1, 0.15) is 0 Å². The Morgan fingerprint density at radius 1 is 1.44 bits per heavy atom. The molecule has 1 unspecified atom stereocenters. The maximum absolute atomic E-state index is 5.36. The first kappa shape index (κ1) is 10.1. The average molecular weight is 279 g/mol. The zero-order chi connectivity index (χ0) is 11.1. The Morgan fingerprint density at radius 3 is 3.19 bits per heavy atom. The number of pyridine rings is 1. The summed E-state index contributed by atoms with van der Waals surface area (Å²) in [6, 6.07) is 8.30. The standard InChI is InChI=1S/C12H11BrN2O/c1-7-4-9-5-8-2-3-10(13)6-11(8)14-12(9)15-16-7/h2-3,5-7H,4H2,1H3,(H,14,15). The van der Waals surface area contributed by atoms with E-state index in [-0.39, 0.29) is 6.10 Å². The maximum Gasteiger partial charge on any atom is 0.153 e. The van der Waals surface area contributed by atoms with Gasteiger partial charge in [0.25, 0.3) is 0 Å². The first-order valence-corrected chi connectivity index (χ1v) is 6.02. The largest absolute Gasteiger partial charge is 0.271 e. The second-order valence-electron chi connectivity index (χ2n) is 4.07. The third kappa shape index (κ3) is 1.68. The zero-order valence-electron chi connectivity index (χ0n) is 8.83. The predicted octanol–water partition coefficient (Wildman–Crippen LogP) is 3.29. The third-order valence-electron chi connectivity index (χ3n) is 2.72. The van der Waals surface area contributed by atoms with Crippen molar-refractivity contribution in [3.63, 3.8) is 0 Å². The highest BCUT2D eigenvalue weighted by molar-refractivity contribution is 9.10. The Kier molecular flexibility index (Phi) is 2.33. The molecule has 0 aliphatic carbocycles. The molecule has 0 saturated carbocycles. The lowest BCUT2D eigenvalue weighted by atomic mass is 10.1. The summed E-state index contributed by atoms with van der Waals surface area (Å²) < 4.78 is 1.04. The summed E-state index contributed by atoms with van der Waals surface area (Å²) >= 11 is 3.45. The topological polar surface area (TPSA) is 34.2 Å². The van der Waals surface area contributed by atoms with Gasteiger partial charge in [-0.15, -0.1) is 0 Å². The molecule has 16 heavy (non-hydrogen) atoms. The molecule has 3 rings (SSSR count). The number of rotatable bonds is 0. The van der Waals surface area contributed by atoms with E-state index in [4.69, 9.17) is 4.84 Å². The molecular weight excluding hydrogens is 268 g/mol. The number of nitrogens with one attached hydrogen (secondary N) is 1. The molecule has 2 aromatic rings. The zero-order valence-corrected chi connectivity index (χ0v) is 10.4. The van der Waals surface area contributed by atoms with Crippen molar-refractivity contribution in [2.75, 3.05) is 5.48 Å². The Hall–Kier alpha value is -1.13. The van der Waals surface area contributed by atoms with Gasteiger partial charge in [-0.2, -0.15) is 0 Å². The fourth-order valence-electron chi connectivity index (χ4n) is 1.94. The van der Waals surface area contributed by atoms with Crippen LogP contribution in [-0.4, -0.2) is 11.1 Å². The lowest BCUT2D eigenvalue weighted by Gasteiger charge is -2.22. The fourth-order valence-corrected chi connectivity index (χ4v) is 2.28. The normalized spacial score (nSPS) is 19.2. The molecule has 1 atom stereocenters. The monoisotopic (exact) mass is 278 g/mol. The molecule has 0 saturated heterocycles. The summed E-state index contributed by atoms with van der Waals surface area (Å²) in [5.74, 6) is 0.837. The summed E-state index contributed by atoms with van der Waals surface area (Å²) in [4.78, 5) is 9.90. The highest BCUT2D eigenvalue weighted by Crippen LogP contribution is 2.27. The van der Waals surface area contributed by atoms with Crippen LogP contribution in [0, 0.1) is 0 Å². The van der Waals surface area contributed by atoms with Gasteiger partial charge in [-0.25, -0.2) is 10.5 Å². The van der Waals surface area contributed by atoms with Crippen LogP contribution in [0.4, 0.5) is 5.82 Å². The molecule has 3 nitrogen and oxygen atoms in total. The van der Waals surface area contributed by atoms with Crippen LogP contribution in [-0.2, 0) is 11.3 Å². The number of hydrogen-bond donors (Lipinski definition) is 1. The minimum Gasteiger partial charge on any atom is -0.271 e. The van der Waals surface area contributed by atoms with Crippen molar-refractivity contribution < 1.29 is 4.84 Å². The molecular formula is C12H11BrN2O. The van der Waals surface area contributed by atoms with Gasteiger partial charge in [-0.1, -0.05) is 22.0 Å². The van der Waals surface area contributed by atoms with Crippen molar-refractivity contribution in [3.05, 3.63) is 34.3 Å². The molecule has 0 fully saturated rings. The van der Waals surface area contributed by atoms with Crippen LogP contribution in [0.25, 0.3) is 10.9 Å². The van der Waals surface area contributed by atoms with Gasteiger partial charge in [0.2, 0.25) is 0 Å². The third-order valence-corrected chi connectivity index (χ3v) is 3.22. The van der Waals surface area contributed by atoms with Crippen molar-refractivity contribution in [2.24, 2.45) is 0 Å². The highest BCUT2D eigenvalue weighted by atomic mass is 79.9. The summed E-state index contributed by atoms with van der Waals surface area (Å²) in [5, 5.41) is 1.16. The van der Waals surface area contributed by atoms with Crippen molar-refractivity contribution in [1.82, 2.24) is 4.98 Å². The van der Waals surface area contributed by atoms with E-state index in [1.165, 1.54) is 5.56 Å². The molecule has 0 radical (unpaired) electrons. The Bertz CT molecular complexity index is 556. The first-order valence-electron chi connectivity index (χ1n) is 5.23. The van der Waals surface area contributed by atoms with Crippen molar-refractivity contribution >= 4 is 32.7 Å². The number of anilines is 1. The van der Waals surface area contributed by atoms with Crippen LogP contribution in [0.5, 0.6) is 0 Å². The number of aromatic nitrogens is 1. The van der Waals surface area contributed by atoms with E-state index in [9.17, 15) is 0 Å². The van der Waals surface area contributed by atoms with Crippen molar-refractivity contribution in [2.45, 2.75) is 19.4 Å². The highest BCUT2D eigenvalue weighted by Gasteiger charge is 2.17. The molecule has 4 heteroatoms. The minimum absolute atomic E-state index is 0.196. The first-order chi connectivity index (χ1) is 7.72. The second-order valence-corrected chi connectivity index (χ2v) is 4.98. The van der Waals surface area contributed by atoms with Gasteiger partial charge >= 0.3 is 0 Å². The van der Waals surface area contributed by atoms with Crippen molar-refractivity contribution in [1.29, 1.82) is 0 Å². The van der Waals surface area contributed by atoms with Crippen LogP contribution >= 0.6 is 15.9 Å². The smallest absolute Gasteiger partial charge is 0.153 e. The lowest BCUT2D eigenvalue weighted by Crippen LogP contribution is -2.23. The van der Waals surface area contributed by atoms with E-state index in [0.717, 1.165) is 27.6 Å². The molecule has 82 valence electrons. The van der Waals surface area contributed by atoms with Gasteiger partial charge in [0.05, 0.1) is 11.6 Å². The summed E-state index contributed by atoms with van der Waals surface area (Å²) in [7, 11) is 0. The predicted molar refractivity (Wildman–Crippen MR) is 67.3 cm³/mol.